The van der Waals surface area contributed by atoms with E-state index in [1.807, 2.05) is 12.1 Å². The highest BCUT2D eigenvalue weighted by Gasteiger charge is 2.08. The average molecular weight is 233 g/mol. The minimum atomic E-state index is 0.00190. The van der Waals surface area contributed by atoms with Crippen molar-refractivity contribution in [2.24, 2.45) is 5.73 Å². The second kappa shape index (κ2) is 5.23. The molecule has 1 aromatic carbocycles. The van der Waals surface area contributed by atoms with Crippen LogP contribution in [0.15, 0.2) is 52.0 Å². The van der Waals surface area contributed by atoms with Crippen LogP contribution in [-0.4, -0.2) is 6.26 Å². The molecule has 1 aromatic heterocycles. The summed E-state index contributed by atoms with van der Waals surface area (Å²) in [6, 6.07) is 12.2. The van der Waals surface area contributed by atoms with Gasteiger partial charge < -0.3 is 10.2 Å². The van der Waals surface area contributed by atoms with Crippen molar-refractivity contribution in [3.63, 3.8) is 0 Å². The quantitative estimate of drug-likeness (QED) is 0.824. The van der Waals surface area contributed by atoms with Gasteiger partial charge in [0.25, 0.3) is 0 Å². The van der Waals surface area contributed by atoms with Crippen LogP contribution < -0.4 is 5.73 Å². The van der Waals surface area contributed by atoms with Gasteiger partial charge >= 0.3 is 0 Å². The molecule has 2 N–H and O–H groups in total. The molecule has 0 bridgehead atoms. The number of rotatable bonds is 4. The Bertz CT molecular complexity index is 422. The fraction of sp³-hybridized carbons (Fsp3) is 0.231. The Hall–Kier alpha value is -1.19. The summed E-state index contributed by atoms with van der Waals surface area (Å²) in [6.45, 7) is 0. The van der Waals surface area contributed by atoms with Crippen molar-refractivity contribution in [2.75, 3.05) is 6.26 Å². The number of hydrogen-bond acceptors (Lipinski definition) is 3. The normalized spacial score (nSPS) is 12.6. The summed E-state index contributed by atoms with van der Waals surface area (Å²) in [7, 11) is 0. The molecule has 1 unspecified atom stereocenters. The van der Waals surface area contributed by atoms with Gasteiger partial charge in [0.15, 0.2) is 0 Å². The molecular weight excluding hydrogens is 218 g/mol. The molecule has 0 fully saturated rings. The van der Waals surface area contributed by atoms with Gasteiger partial charge in [-0.2, -0.15) is 0 Å². The lowest BCUT2D eigenvalue weighted by Gasteiger charge is -2.10. The first-order valence-electron chi connectivity index (χ1n) is 5.21. The van der Waals surface area contributed by atoms with E-state index in [-0.39, 0.29) is 6.04 Å². The van der Waals surface area contributed by atoms with Crippen molar-refractivity contribution in [3.8, 4) is 0 Å². The van der Waals surface area contributed by atoms with Crippen molar-refractivity contribution >= 4 is 11.8 Å². The van der Waals surface area contributed by atoms with Gasteiger partial charge in [0, 0.05) is 17.4 Å². The van der Waals surface area contributed by atoms with Crippen LogP contribution >= 0.6 is 11.8 Å². The maximum Gasteiger partial charge on any atom is 0.105 e. The largest absolute Gasteiger partial charge is 0.469 e. The highest BCUT2D eigenvalue weighted by molar-refractivity contribution is 7.98. The van der Waals surface area contributed by atoms with Crippen molar-refractivity contribution in [3.05, 3.63) is 54.0 Å². The molecule has 16 heavy (non-hydrogen) atoms. The van der Waals surface area contributed by atoms with Crippen LogP contribution in [0.25, 0.3) is 0 Å². The Balaban J connectivity index is 2.05. The van der Waals surface area contributed by atoms with Gasteiger partial charge in [0.1, 0.15) is 5.76 Å². The third-order valence-electron chi connectivity index (χ3n) is 2.55. The summed E-state index contributed by atoms with van der Waals surface area (Å²) in [4.78, 5) is 1.26. The number of benzene rings is 1. The predicted molar refractivity (Wildman–Crippen MR) is 67.6 cm³/mol. The molecule has 2 nitrogen and oxygen atoms in total. The van der Waals surface area contributed by atoms with Crippen LogP contribution in [0.3, 0.4) is 0 Å². The Morgan fingerprint density at radius 1 is 1.25 bits per heavy atom. The SMILES string of the molecule is CSc1ccc(C(N)Cc2ccco2)cc1. The molecule has 0 aliphatic rings. The average Bonchev–Trinajstić information content (AvgIpc) is 2.82. The maximum atomic E-state index is 6.11. The zero-order valence-electron chi connectivity index (χ0n) is 9.22. The standard InChI is InChI=1S/C13H15NOS/c1-16-12-6-4-10(5-7-12)13(14)9-11-3-2-8-15-11/h2-8,13H,9,14H2,1H3. The van der Waals surface area contributed by atoms with Gasteiger partial charge in [0.05, 0.1) is 6.26 Å². The van der Waals surface area contributed by atoms with Crippen LogP contribution in [0, 0.1) is 0 Å². The molecule has 2 aromatic rings. The third kappa shape index (κ3) is 2.68. The van der Waals surface area contributed by atoms with E-state index in [2.05, 4.69) is 30.5 Å². The summed E-state index contributed by atoms with van der Waals surface area (Å²) in [5, 5.41) is 0. The lowest BCUT2D eigenvalue weighted by atomic mass is 10.0. The van der Waals surface area contributed by atoms with E-state index in [1.54, 1.807) is 18.0 Å². The van der Waals surface area contributed by atoms with E-state index in [1.165, 1.54) is 4.90 Å². The van der Waals surface area contributed by atoms with Crippen molar-refractivity contribution in [1.82, 2.24) is 0 Å². The molecule has 0 amide bonds. The van der Waals surface area contributed by atoms with Crippen LogP contribution in [0.4, 0.5) is 0 Å². The summed E-state index contributed by atoms with van der Waals surface area (Å²) < 4.78 is 5.29. The molecule has 0 saturated heterocycles. The summed E-state index contributed by atoms with van der Waals surface area (Å²) in [5.41, 5.74) is 7.26. The van der Waals surface area contributed by atoms with E-state index in [0.29, 0.717) is 0 Å². The fourth-order valence-corrected chi connectivity index (χ4v) is 2.02. The van der Waals surface area contributed by atoms with Crippen LogP contribution in [0.1, 0.15) is 17.4 Å². The van der Waals surface area contributed by atoms with Crippen molar-refractivity contribution in [2.45, 2.75) is 17.4 Å². The third-order valence-corrected chi connectivity index (χ3v) is 3.29. The van der Waals surface area contributed by atoms with Gasteiger partial charge in [0.2, 0.25) is 0 Å². The van der Waals surface area contributed by atoms with E-state index < -0.39 is 0 Å². The highest BCUT2D eigenvalue weighted by Crippen LogP contribution is 2.20. The van der Waals surface area contributed by atoms with Crippen molar-refractivity contribution < 1.29 is 4.42 Å². The number of furan rings is 1. The second-order valence-corrected chi connectivity index (χ2v) is 4.54. The smallest absolute Gasteiger partial charge is 0.105 e. The summed E-state index contributed by atoms with van der Waals surface area (Å²) in [6.07, 6.45) is 4.49. The van der Waals surface area contributed by atoms with E-state index >= 15 is 0 Å². The molecule has 0 aliphatic carbocycles. The van der Waals surface area contributed by atoms with Gasteiger partial charge in [-0.05, 0) is 36.1 Å². The molecule has 2 rings (SSSR count). The van der Waals surface area contributed by atoms with E-state index in [4.69, 9.17) is 10.2 Å². The lowest BCUT2D eigenvalue weighted by Crippen LogP contribution is -2.12. The first kappa shape index (κ1) is 11.3. The zero-order valence-corrected chi connectivity index (χ0v) is 10.0. The Morgan fingerprint density at radius 3 is 2.56 bits per heavy atom. The fourth-order valence-electron chi connectivity index (χ4n) is 1.61. The summed E-state index contributed by atoms with van der Waals surface area (Å²) >= 11 is 1.74. The number of thioether (sulfide) groups is 1. The minimum Gasteiger partial charge on any atom is -0.469 e. The molecule has 84 valence electrons. The van der Waals surface area contributed by atoms with Gasteiger partial charge in [-0.15, -0.1) is 11.8 Å². The predicted octanol–water partition coefficient (Wildman–Crippen LogP) is 3.24. The monoisotopic (exact) mass is 233 g/mol. The van der Waals surface area contributed by atoms with Gasteiger partial charge in [-0.25, -0.2) is 0 Å². The van der Waals surface area contributed by atoms with Crippen LogP contribution in [-0.2, 0) is 6.42 Å². The molecule has 0 radical (unpaired) electrons. The van der Waals surface area contributed by atoms with E-state index in [9.17, 15) is 0 Å². The highest BCUT2D eigenvalue weighted by atomic mass is 32.2. The zero-order chi connectivity index (χ0) is 11.4. The minimum absolute atomic E-state index is 0.00190. The molecular formula is C13H15NOS. The van der Waals surface area contributed by atoms with Crippen molar-refractivity contribution in [1.29, 1.82) is 0 Å². The number of nitrogens with two attached hydrogens (primary N) is 1. The van der Waals surface area contributed by atoms with Crippen LogP contribution in [0.5, 0.6) is 0 Å². The Morgan fingerprint density at radius 2 is 2.00 bits per heavy atom. The molecule has 1 atom stereocenters. The Kier molecular flexibility index (Phi) is 3.70. The molecule has 3 heteroatoms. The lowest BCUT2D eigenvalue weighted by molar-refractivity contribution is 0.488. The first-order chi connectivity index (χ1) is 7.79. The summed E-state index contributed by atoms with van der Waals surface area (Å²) in [5.74, 6) is 0.932. The molecule has 1 heterocycles. The van der Waals surface area contributed by atoms with Gasteiger partial charge in [-0.1, -0.05) is 12.1 Å². The molecule has 0 spiro atoms. The van der Waals surface area contributed by atoms with Crippen LogP contribution in [0.2, 0.25) is 0 Å². The number of hydrogen-bond donors (Lipinski definition) is 1. The second-order valence-electron chi connectivity index (χ2n) is 3.66. The first-order valence-corrected chi connectivity index (χ1v) is 6.44. The Labute approximate surface area is 99.8 Å². The maximum absolute atomic E-state index is 6.11. The molecule has 0 aliphatic heterocycles. The molecule has 0 saturated carbocycles. The topological polar surface area (TPSA) is 39.2 Å². The van der Waals surface area contributed by atoms with E-state index in [0.717, 1.165) is 17.7 Å². The van der Waals surface area contributed by atoms with Gasteiger partial charge in [-0.3, -0.25) is 0 Å².